The molecule has 1 amide bonds. The lowest BCUT2D eigenvalue weighted by molar-refractivity contribution is -0.179. The van der Waals surface area contributed by atoms with Crippen molar-refractivity contribution in [3.63, 3.8) is 0 Å². The number of Topliss-reactive ketones (excluding diaryl/α,β-unsaturated/α-hetero) is 1. The van der Waals surface area contributed by atoms with Crippen LogP contribution in [0.4, 0.5) is 0 Å². The Kier molecular flexibility index (Phi) is 6.30. The zero-order valence-electron chi connectivity index (χ0n) is 14.0. The number of rotatable bonds is 9. The molecule has 0 aliphatic carbocycles. The molecule has 126 valence electrons. The smallest absolute Gasteiger partial charge is 0.235 e. The van der Waals surface area contributed by atoms with Gasteiger partial charge in [0.2, 0.25) is 5.91 Å². The molecule has 1 aromatic carbocycles. The fourth-order valence-electron chi connectivity index (χ4n) is 3.04. The number of nitrogens with zero attached hydrogens (tertiary/aromatic N) is 1. The Labute approximate surface area is 137 Å². The Bertz CT molecular complexity index is 525. The monoisotopic (exact) mass is 319 g/mol. The van der Waals surface area contributed by atoms with E-state index in [0.717, 1.165) is 5.56 Å². The van der Waals surface area contributed by atoms with E-state index in [-0.39, 0.29) is 24.0 Å². The number of ketones is 1. The number of benzene rings is 1. The first-order valence-electron chi connectivity index (χ1n) is 8.16. The highest BCUT2D eigenvalue weighted by Crippen LogP contribution is 2.33. The van der Waals surface area contributed by atoms with Gasteiger partial charge in [-0.2, -0.15) is 0 Å². The van der Waals surface area contributed by atoms with Gasteiger partial charge in [-0.1, -0.05) is 30.3 Å². The summed E-state index contributed by atoms with van der Waals surface area (Å²) in [5, 5.41) is 0. The van der Waals surface area contributed by atoms with Crippen LogP contribution in [0.1, 0.15) is 32.8 Å². The van der Waals surface area contributed by atoms with Gasteiger partial charge in [0.15, 0.2) is 6.29 Å². The number of hydrogen-bond acceptors (Lipinski definition) is 4. The molecule has 1 aromatic rings. The van der Waals surface area contributed by atoms with Gasteiger partial charge in [0.25, 0.3) is 0 Å². The predicted octanol–water partition coefficient (Wildman–Crippen LogP) is 2.39. The highest BCUT2D eigenvalue weighted by molar-refractivity contribution is 6.05. The minimum atomic E-state index is -0.567. The van der Waals surface area contributed by atoms with Crippen LogP contribution in [-0.4, -0.2) is 42.1 Å². The minimum Gasteiger partial charge on any atom is -0.353 e. The van der Waals surface area contributed by atoms with Gasteiger partial charge in [-0.3, -0.25) is 9.59 Å². The second kappa shape index (κ2) is 8.22. The van der Waals surface area contributed by atoms with E-state index in [0.29, 0.717) is 26.2 Å². The van der Waals surface area contributed by atoms with Crippen molar-refractivity contribution in [3.8, 4) is 0 Å². The van der Waals surface area contributed by atoms with Crippen molar-refractivity contribution >= 4 is 11.7 Å². The van der Waals surface area contributed by atoms with Crippen LogP contribution in [0.25, 0.3) is 0 Å². The van der Waals surface area contributed by atoms with Crippen molar-refractivity contribution < 1.29 is 19.1 Å². The third-order valence-electron chi connectivity index (χ3n) is 4.11. The van der Waals surface area contributed by atoms with Gasteiger partial charge >= 0.3 is 0 Å². The molecule has 0 radical (unpaired) electrons. The quantitative estimate of drug-likeness (QED) is 0.398. The Balaban J connectivity index is 2.09. The van der Waals surface area contributed by atoms with E-state index in [4.69, 9.17) is 9.47 Å². The van der Waals surface area contributed by atoms with E-state index < -0.39 is 5.92 Å². The molecule has 0 spiro atoms. The first kappa shape index (κ1) is 17.6. The van der Waals surface area contributed by atoms with Crippen molar-refractivity contribution in [1.29, 1.82) is 0 Å². The lowest BCUT2D eigenvalue weighted by atomic mass is 9.81. The van der Waals surface area contributed by atoms with Gasteiger partial charge in [0.1, 0.15) is 11.7 Å². The van der Waals surface area contributed by atoms with E-state index in [2.05, 4.69) is 0 Å². The van der Waals surface area contributed by atoms with E-state index in [1.807, 2.05) is 44.2 Å². The van der Waals surface area contributed by atoms with Crippen LogP contribution in [0.5, 0.6) is 0 Å². The highest BCUT2D eigenvalue weighted by atomic mass is 16.7. The van der Waals surface area contributed by atoms with Crippen LogP contribution in [0.3, 0.4) is 0 Å². The molecule has 0 unspecified atom stereocenters. The molecule has 2 rings (SSSR count). The number of carbonyl (C=O) groups is 2. The molecule has 1 saturated heterocycles. The molecule has 1 aliphatic rings. The van der Waals surface area contributed by atoms with Gasteiger partial charge in [-0.15, -0.1) is 0 Å². The number of β-lactam (4-membered cyclic amide) rings is 1. The second-order valence-corrected chi connectivity index (χ2v) is 5.68. The third-order valence-corrected chi connectivity index (χ3v) is 4.11. The van der Waals surface area contributed by atoms with E-state index >= 15 is 0 Å². The maximum Gasteiger partial charge on any atom is 0.235 e. The summed E-state index contributed by atoms with van der Waals surface area (Å²) in [5.41, 5.74) is 1.05. The molecule has 0 saturated carbocycles. The van der Waals surface area contributed by atoms with Gasteiger partial charge in [-0.05, 0) is 26.3 Å². The topological polar surface area (TPSA) is 55.8 Å². The molecule has 0 N–H and O–H groups in total. The number of amides is 1. The normalized spacial score (nSPS) is 20.7. The molecule has 1 fully saturated rings. The fourth-order valence-corrected chi connectivity index (χ4v) is 3.04. The van der Waals surface area contributed by atoms with Gasteiger partial charge in [-0.25, -0.2) is 0 Å². The lowest BCUT2D eigenvalue weighted by Gasteiger charge is -2.47. The largest absolute Gasteiger partial charge is 0.353 e. The second-order valence-electron chi connectivity index (χ2n) is 5.68. The van der Waals surface area contributed by atoms with Crippen molar-refractivity contribution in [2.24, 2.45) is 5.92 Å². The van der Waals surface area contributed by atoms with Gasteiger partial charge in [0, 0.05) is 26.2 Å². The van der Waals surface area contributed by atoms with E-state index in [1.54, 1.807) is 4.90 Å². The molecule has 5 nitrogen and oxygen atoms in total. The molecular formula is C18H25NO4. The summed E-state index contributed by atoms with van der Waals surface area (Å²) in [5.74, 6) is -0.753. The summed E-state index contributed by atoms with van der Waals surface area (Å²) in [6.45, 7) is 6.87. The molecule has 1 heterocycles. The van der Waals surface area contributed by atoms with Crippen LogP contribution in [0.15, 0.2) is 30.3 Å². The van der Waals surface area contributed by atoms with Crippen LogP contribution in [-0.2, 0) is 25.6 Å². The van der Waals surface area contributed by atoms with E-state index in [1.165, 1.54) is 6.92 Å². The Morgan fingerprint density at radius 1 is 1.17 bits per heavy atom. The summed E-state index contributed by atoms with van der Waals surface area (Å²) in [7, 11) is 0. The molecule has 23 heavy (non-hydrogen) atoms. The lowest BCUT2D eigenvalue weighted by Crippen LogP contribution is -2.63. The first-order chi connectivity index (χ1) is 11.1. The summed E-state index contributed by atoms with van der Waals surface area (Å²) < 4.78 is 11.2. The Morgan fingerprint density at radius 3 is 2.30 bits per heavy atom. The Morgan fingerprint density at radius 2 is 1.78 bits per heavy atom. The van der Waals surface area contributed by atoms with E-state index in [9.17, 15) is 9.59 Å². The molecular weight excluding hydrogens is 294 g/mol. The maximum absolute atomic E-state index is 12.3. The highest BCUT2D eigenvalue weighted by Gasteiger charge is 2.50. The number of carbonyl (C=O) groups excluding carboxylic acids is 2. The van der Waals surface area contributed by atoms with Crippen molar-refractivity contribution in [2.45, 2.75) is 46.1 Å². The van der Waals surface area contributed by atoms with Crippen molar-refractivity contribution in [2.75, 3.05) is 13.2 Å². The Hall–Kier alpha value is -1.72. The average Bonchev–Trinajstić information content (AvgIpc) is 2.53. The van der Waals surface area contributed by atoms with Crippen LogP contribution in [0.2, 0.25) is 0 Å². The zero-order chi connectivity index (χ0) is 16.8. The fraction of sp³-hybridized carbons (Fsp3) is 0.556. The van der Waals surface area contributed by atoms with Crippen molar-refractivity contribution in [3.05, 3.63) is 35.9 Å². The summed E-state index contributed by atoms with van der Waals surface area (Å²) >= 11 is 0. The summed E-state index contributed by atoms with van der Waals surface area (Å²) in [4.78, 5) is 25.9. The van der Waals surface area contributed by atoms with Crippen molar-refractivity contribution in [1.82, 2.24) is 4.90 Å². The third kappa shape index (κ3) is 4.18. The zero-order valence-corrected chi connectivity index (χ0v) is 14.0. The number of hydrogen-bond donors (Lipinski definition) is 0. The molecule has 5 heteroatoms. The molecule has 0 aromatic heterocycles. The van der Waals surface area contributed by atoms with Crippen LogP contribution < -0.4 is 0 Å². The minimum absolute atomic E-state index is 0.0870. The average molecular weight is 319 g/mol. The first-order valence-corrected chi connectivity index (χ1v) is 8.16. The van der Waals surface area contributed by atoms with Crippen LogP contribution in [0, 0.1) is 5.92 Å². The SMILES string of the molecule is CCOC(C[C@@H]1[C@@H](C(C)=O)C(=O)N1Cc1ccccc1)OCC. The van der Waals surface area contributed by atoms with Gasteiger partial charge < -0.3 is 14.4 Å². The molecule has 1 aliphatic heterocycles. The molecule has 0 bridgehead atoms. The summed E-state index contributed by atoms with van der Waals surface area (Å²) in [6, 6.07) is 9.63. The predicted molar refractivity (Wildman–Crippen MR) is 86.6 cm³/mol. The van der Waals surface area contributed by atoms with Crippen LogP contribution >= 0.6 is 0 Å². The van der Waals surface area contributed by atoms with Gasteiger partial charge in [0.05, 0.1) is 6.04 Å². The summed E-state index contributed by atoms with van der Waals surface area (Å²) in [6.07, 6.45) is 0.132. The number of ether oxygens (including phenoxy) is 2. The molecule has 2 atom stereocenters. The standard InChI is InChI=1S/C18H25NO4/c1-4-22-16(23-5-2)11-15-17(13(3)20)18(21)19(15)12-14-9-7-6-8-10-14/h6-10,15-17H,4-5,11-12H2,1-3H3/t15-,17-/m1/s1. The number of likely N-dealkylation sites (tertiary alicyclic amines) is 1. The maximum atomic E-state index is 12.3.